The first-order chi connectivity index (χ1) is 13.3. The second kappa shape index (κ2) is 8.35. The lowest BCUT2D eigenvalue weighted by atomic mass is 10.1. The molecular weight excluding hydrogens is 424 g/mol. The van der Waals surface area contributed by atoms with Gasteiger partial charge >= 0.3 is 0 Å². The molecule has 0 aliphatic rings. The van der Waals surface area contributed by atoms with Gasteiger partial charge in [-0.25, -0.2) is 0 Å². The minimum atomic E-state index is -0.543. The van der Waals surface area contributed by atoms with Gasteiger partial charge in [-0.05, 0) is 55.3 Å². The van der Waals surface area contributed by atoms with Crippen LogP contribution in [-0.4, -0.2) is 21.9 Å². The summed E-state index contributed by atoms with van der Waals surface area (Å²) in [6.45, 7) is 3.96. The smallest absolute Gasteiger partial charge is 0.265 e. The molecule has 144 valence electrons. The minimum absolute atomic E-state index is 0.00378. The lowest BCUT2D eigenvalue weighted by molar-refractivity contribution is -0.122. The second-order valence-electron chi connectivity index (χ2n) is 6.45. The first-order valence-corrected chi connectivity index (χ1v) is 9.44. The number of azo groups is 1. The van der Waals surface area contributed by atoms with Crippen LogP contribution >= 0.6 is 15.9 Å². The number of anilines is 1. The molecule has 0 bridgehead atoms. The number of halogens is 1. The molecule has 1 aromatic heterocycles. The van der Waals surface area contributed by atoms with Gasteiger partial charge in [0, 0.05) is 28.4 Å². The highest BCUT2D eigenvalue weighted by molar-refractivity contribution is 9.10. The fourth-order valence-electron chi connectivity index (χ4n) is 2.66. The number of rotatable bonds is 5. The Labute approximate surface area is 170 Å². The predicted molar refractivity (Wildman–Crippen MR) is 111 cm³/mol. The molecule has 2 aromatic carbocycles. The quantitative estimate of drug-likeness (QED) is 0.467. The largest absolute Gasteiger partial charge is 0.493 e. The van der Waals surface area contributed by atoms with E-state index in [9.17, 15) is 14.7 Å². The molecule has 0 radical (unpaired) electrons. The van der Waals surface area contributed by atoms with Crippen molar-refractivity contribution in [2.24, 2.45) is 10.2 Å². The van der Waals surface area contributed by atoms with E-state index in [1.54, 1.807) is 12.1 Å². The van der Waals surface area contributed by atoms with Gasteiger partial charge in [-0.1, -0.05) is 22.0 Å². The van der Waals surface area contributed by atoms with E-state index in [4.69, 9.17) is 0 Å². The summed E-state index contributed by atoms with van der Waals surface area (Å²) in [4.78, 5) is 26.8. The first-order valence-electron chi connectivity index (χ1n) is 8.65. The Balaban J connectivity index is 1.59. The van der Waals surface area contributed by atoms with E-state index in [1.165, 1.54) is 0 Å². The van der Waals surface area contributed by atoms with Crippen LogP contribution in [0.2, 0.25) is 0 Å². The SMILES string of the molecule is Cc1ccc(NC(=O)CCC(=O)N=Nc2c(O)[nH]c3ccc(Br)cc23)cc1C. The molecule has 3 N–H and O–H groups in total. The Hall–Kier alpha value is -3.00. The van der Waals surface area contributed by atoms with E-state index in [1.807, 2.05) is 38.1 Å². The van der Waals surface area contributed by atoms with Gasteiger partial charge in [-0.2, -0.15) is 0 Å². The molecule has 3 rings (SSSR count). The Bertz CT molecular complexity index is 1090. The van der Waals surface area contributed by atoms with Crippen molar-refractivity contribution in [1.29, 1.82) is 0 Å². The summed E-state index contributed by atoms with van der Waals surface area (Å²) in [6.07, 6.45) is -0.0802. The van der Waals surface area contributed by atoms with Gasteiger partial charge in [0.05, 0.1) is 5.52 Å². The van der Waals surface area contributed by atoms with Crippen LogP contribution in [0.4, 0.5) is 11.4 Å². The fourth-order valence-corrected chi connectivity index (χ4v) is 3.02. The third-order valence-corrected chi connectivity index (χ3v) is 4.83. The Morgan fingerprint density at radius 3 is 2.64 bits per heavy atom. The Kier molecular flexibility index (Phi) is 5.89. The zero-order valence-corrected chi connectivity index (χ0v) is 17.0. The molecule has 0 fully saturated rings. The number of nitrogens with one attached hydrogen (secondary N) is 2. The Morgan fingerprint density at radius 1 is 1.11 bits per heavy atom. The average molecular weight is 443 g/mol. The molecule has 0 unspecified atom stereocenters. The van der Waals surface area contributed by atoms with Crippen molar-refractivity contribution < 1.29 is 14.7 Å². The zero-order chi connectivity index (χ0) is 20.3. The van der Waals surface area contributed by atoms with Gasteiger partial charge in [0.1, 0.15) is 0 Å². The minimum Gasteiger partial charge on any atom is -0.493 e. The number of hydrogen-bond acceptors (Lipinski definition) is 4. The summed E-state index contributed by atoms with van der Waals surface area (Å²) in [5.74, 6) is -0.984. The van der Waals surface area contributed by atoms with Gasteiger partial charge in [0.2, 0.25) is 11.8 Å². The molecule has 1 heterocycles. The highest BCUT2D eigenvalue weighted by atomic mass is 79.9. The summed E-state index contributed by atoms with van der Waals surface area (Å²) in [7, 11) is 0. The molecular formula is C20H19BrN4O3. The van der Waals surface area contributed by atoms with Crippen molar-refractivity contribution in [3.8, 4) is 5.88 Å². The topological polar surface area (TPSA) is 107 Å². The number of amides is 2. The van der Waals surface area contributed by atoms with E-state index >= 15 is 0 Å². The molecule has 2 amide bonds. The van der Waals surface area contributed by atoms with E-state index in [0.717, 1.165) is 15.6 Å². The van der Waals surface area contributed by atoms with Gasteiger partial charge in [0.15, 0.2) is 5.69 Å². The summed E-state index contributed by atoms with van der Waals surface area (Å²) in [5, 5.41) is 20.8. The predicted octanol–water partition coefficient (Wildman–Crippen LogP) is 5.28. The first kappa shape index (κ1) is 19.8. The van der Waals surface area contributed by atoms with Crippen LogP contribution in [0.1, 0.15) is 24.0 Å². The van der Waals surface area contributed by atoms with E-state index < -0.39 is 5.91 Å². The molecule has 0 aliphatic heterocycles. The molecule has 0 saturated carbocycles. The molecule has 8 heteroatoms. The van der Waals surface area contributed by atoms with Crippen LogP contribution < -0.4 is 5.32 Å². The maximum Gasteiger partial charge on any atom is 0.265 e. The number of benzene rings is 2. The number of aromatic amines is 1. The Morgan fingerprint density at radius 2 is 1.89 bits per heavy atom. The van der Waals surface area contributed by atoms with E-state index in [-0.39, 0.29) is 30.3 Å². The summed E-state index contributed by atoms with van der Waals surface area (Å²) in [5.41, 5.74) is 3.77. The number of fused-ring (bicyclic) bond motifs is 1. The van der Waals surface area contributed by atoms with Crippen LogP contribution in [0, 0.1) is 13.8 Å². The summed E-state index contributed by atoms with van der Waals surface area (Å²) < 4.78 is 0.810. The third kappa shape index (κ3) is 4.64. The van der Waals surface area contributed by atoms with Crippen LogP contribution in [0.25, 0.3) is 10.9 Å². The molecule has 0 saturated heterocycles. The standard InChI is InChI=1S/C20H19BrN4O3/c1-11-3-5-14(9-12(11)2)22-17(26)7-8-18(27)24-25-19-15-10-13(21)4-6-16(15)23-20(19)28/h3-6,9-10,23,28H,7-8H2,1-2H3,(H,22,26). The maximum absolute atomic E-state index is 12.0. The molecule has 0 aliphatic carbocycles. The van der Waals surface area contributed by atoms with Crippen LogP contribution in [0.15, 0.2) is 51.1 Å². The van der Waals surface area contributed by atoms with Crippen LogP contribution in [-0.2, 0) is 9.59 Å². The van der Waals surface area contributed by atoms with Crippen molar-refractivity contribution in [2.75, 3.05) is 5.32 Å². The van der Waals surface area contributed by atoms with Crippen LogP contribution in [0.3, 0.4) is 0 Å². The van der Waals surface area contributed by atoms with Crippen LogP contribution in [0.5, 0.6) is 5.88 Å². The molecule has 0 atom stereocenters. The summed E-state index contributed by atoms with van der Waals surface area (Å²) >= 11 is 3.35. The lowest BCUT2D eigenvalue weighted by Gasteiger charge is -2.06. The van der Waals surface area contributed by atoms with Crippen molar-refractivity contribution in [2.45, 2.75) is 26.7 Å². The van der Waals surface area contributed by atoms with E-state index in [0.29, 0.717) is 16.6 Å². The molecule has 0 spiro atoms. The zero-order valence-electron chi connectivity index (χ0n) is 15.4. The second-order valence-corrected chi connectivity index (χ2v) is 7.37. The number of aryl methyl sites for hydroxylation is 2. The summed E-state index contributed by atoms with van der Waals surface area (Å²) in [6, 6.07) is 11.0. The van der Waals surface area contributed by atoms with Crippen molar-refractivity contribution >= 4 is 50.0 Å². The molecule has 7 nitrogen and oxygen atoms in total. The lowest BCUT2D eigenvalue weighted by Crippen LogP contribution is -2.12. The number of H-pyrrole nitrogens is 1. The van der Waals surface area contributed by atoms with Gasteiger partial charge in [0.25, 0.3) is 5.91 Å². The number of nitrogens with zero attached hydrogens (tertiary/aromatic N) is 2. The fraction of sp³-hybridized carbons (Fsp3) is 0.200. The highest BCUT2D eigenvalue weighted by Crippen LogP contribution is 2.36. The number of carbonyl (C=O) groups excluding carboxylic acids is 2. The normalized spacial score (nSPS) is 11.2. The van der Waals surface area contributed by atoms with Gasteiger partial charge < -0.3 is 15.4 Å². The van der Waals surface area contributed by atoms with Gasteiger partial charge in [-0.15, -0.1) is 10.2 Å². The maximum atomic E-state index is 12.0. The monoisotopic (exact) mass is 442 g/mol. The number of aromatic hydroxyl groups is 1. The molecule has 28 heavy (non-hydrogen) atoms. The third-order valence-electron chi connectivity index (χ3n) is 4.33. The van der Waals surface area contributed by atoms with Gasteiger partial charge in [-0.3, -0.25) is 9.59 Å². The molecule has 3 aromatic rings. The van der Waals surface area contributed by atoms with Crippen molar-refractivity contribution in [3.05, 3.63) is 52.0 Å². The van der Waals surface area contributed by atoms with E-state index in [2.05, 4.69) is 36.5 Å². The number of hydrogen-bond donors (Lipinski definition) is 3. The highest BCUT2D eigenvalue weighted by Gasteiger charge is 2.12. The number of aromatic nitrogens is 1. The average Bonchev–Trinajstić information content (AvgIpc) is 2.96. The number of carbonyl (C=O) groups is 2. The van der Waals surface area contributed by atoms with Crippen molar-refractivity contribution in [3.63, 3.8) is 0 Å². The van der Waals surface area contributed by atoms with Crippen molar-refractivity contribution in [1.82, 2.24) is 4.98 Å².